The summed E-state index contributed by atoms with van der Waals surface area (Å²) in [5.41, 5.74) is 1.39. The third-order valence-corrected chi connectivity index (χ3v) is 4.29. The fourth-order valence-corrected chi connectivity index (χ4v) is 2.87. The molecule has 4 rings (SSSR count). The van der Waals surface area contributed by atoms with Crippen LogP contribution in [0.15, 0.2) is 59.0 Å². The minimum absolute atomic E-state index is 0.00695. The zero-order valence-corrected chi connectivity index (χ0v) is 14.7. The largest absolute Gasteiger partial charge is 0.436 e. The van der Waals surface area contributed by atoms with E-state index in [1.165, 1.54) is 24.3 Å². The van der Waals surface area contributed by atoms with Crippen LogP contribution < -0.4 is 5.32 Å². The first-order chi connectivity index (χ1) is 13.4. The predicted octanol–water partition coefficient (Wildman–Crippen LogP) is 5.82. The first-order valence-electron chi connectivity index (χ1n) is 8.03. The number of carbonyl (C=O) groups is 1. The molecule has 4 nitrogen and oxygen atoms in total. The standard InChI is InChI=1S/C20H10ClF3N2O2/c21-14-9-16(24)15(23)8-13(14)20-26-17-7-12(4-5-18(17)28-20)25-19(27)10-2-1-3-11(22)6-10/h1-9H,(H,25,27). The monoisotopic (exact) mass is 402 g/mol. The third-order valence-electron chi connectivity index (χ3n) is 3.97. The summed E-state index contributed by atoms with van der Waals surface area (Å²) < 4.78 is 45.6. The Labute approximate surface area is 161 Å². The summed E-state index contributed by atoms with van der Waals surface area (Å²) in [5.74, 6) is -3.16. The van der Waals surface area contributed by atoms with Gasteiger partial charge in [0.05, 0.1) is 10.6 Å². The second-order valence-corrected chi connectivity index (χ2v) is 6.32. The second-order valence-electron chi connectivity index (χ2n) is 5.91. The van der Waals surface area contributed by atoms with E-state index in [-0.39, 0.29) is 22.0 Å². The summed E-state index contributed by atoms with van der Waals surface area (Å²) in [4.78, 5) is 16.4. The van der Waals surface area contributed by atoms with E-state index in [9.17, 15) is 18.0 Å². The minimum Gasteiger partial charge on any atom is -0.436 e. The molecule has 0 aliphatic carbocycles. The van der Waals surface area contributed by atoms with Gasteiger partial charge >= 0.3 is 0 Å². The number of amides is 1. The molecule has 1 amide bonds. The lowest BCUT2D eigenvalue weighted by molar-refractivity contribution is 0.102. The van der Waals surface area contributed by atoms with E-state index in [1.54, 1.807) is 12.1 Å². The van der Waals surface area contributed by atoms with Crippen molar-refractivity contribution in [2.24, 2.45) is 0 Å². The Morgan fingerprint density at radius 1 is 1.00 bits per heavy atom. The Bertz CT molecular complexity index is 1220. The lowest BCUT2D eigenvalue weighted by atomic mass is 10.2. The molecule has 140 valence electrons. The van der Waals surface area contributed by atoms with Gasteiger partial charge in [0, 0.05) is 11.3 Å². The Hall–Kier alpha value is -3.32. The van der Waals surface area contributed by atoms with E-state index < -0.39 is 23.4 Å². The summed E-state index contributed by atoms with van der Waals surface area (Å²) in [5, 5.41) is 2.58. The van der Waals surface area contributed by atoms with Crippen molar-refractivity contribution in [3.05, 3.63) is 82.6 Å². The van der Waals surface area contributed by atoms with Gasteiger partial charge in [-0.1, -0.05) is 17.7 Å². The number of nitrogens with one attached hydrogen (secondary N) is 1. The van der Waals surface area contributed by atoms with E-state index in [4.69, 9.17) is 16.0 Å². The first kappa shape index (κ1) is 18.1. The van der Waals surface area contributed by atoms with Crippen molar-refractivity contribution in [2.45, 2.75) is 0 Å². The maximum Gasteiger partial charge on any atom is 0.255 e. The minimum atomic E-state index is -1.08. The zero-order chi connectivity index (χ0) is 19.8. The molecule has 3 aromatic carbocycles. The summed E-state index contributed by atoms with van der Waals surface area (Å²) in [7, 11) is 0. The predicted molar refractivity (Wildman–Crippen MR) is 98.7 cm³/mol. The highest BCUT2D eigenvalue weighted by molar-refractivity contribution is 6.33. The number of carbonyl (C=O) groups excluding carboxylic acids is 1. The average Bonchev–Trinajstić information content (AvgIpc) is 3.07. The number of rotatable bonds is 3. The normalized spacial score (nSPS) is 11.0. The molecule has 8 heteroatoms. The summed E-state index contributed by atoms with van der Waals surface area (Å²) in [6, 6.07) is 11.7. The third kappa shape index (κ3) is 3.44. The zero-order valence-electron chi connectivity index (χ0n) is 14.0. The summed E-state index contributed by atoms with van der Waals surface area (Å²) >= 11 is 5.95. The average molecular weight is 403 g/mol. The molecular weight excluding hydrogens is 393 g/mol. The van der Waals surface area contributed by atoms with Crippen molar-refractivity contribution in [3.63, 3.8) is 0 Å². The highest BCUT2D eigenvalue weighted by Gasteiger charge is 2.16. The molecule has 0 saturated heterocycles. The maximum absolute atomic E-state index is 13.5. The van der Waals surface area contributed by atoms with E-state index in [1.807, 2.05) is 0 Å². The first-order valence-corrected chi connectivity index (χ1v) is 8.41. The number of oxazole rings is 1. The van der Waals surface area contributed by atoms with Crippen LogP contribution in [0.25, 0.3) is 22.6 Å². The van der Waals surface area contributed by atoms with Crippen LogP contribution in [-0.2, 0) is 0 Å². The summed E-state index contributed by atoms with van der Waals surface area (Å²) in [6.07, 6.45) is 0. The molecule has 0 fully saturated rings. The van der Waals surface area contributed by atoms with Crippen LogP contribution in [-0.4, -0.2) is 10.9 Å². The van der Waals surface area contributed by atoms with E-state index in [2.05, 4.69) is 10.3 Å². The maximum atomic E-state index is 13.5. The van der Waals surface area contributed by atoms with Gasteiger partial charge in [0.15, 0.2) is 17.2 Å². The van der Waals surface area contributed by atoms with Crippen molar-refractivity contribution < 1.29 is 22.4 Å². The van der Waals surface area contributed by atoms with Crippen LogP contribution in [0.3, 0.4) is 0 Å². The molecule has 0 bridgehead atoms. The summed E-state index contributed by atoms with van der Waals surface area (Å²) in [6.45, 7) is 0. The molecule has 0 aliphatic heterocycles. The Morgan fingerprint density at radius 3 is 2.57 bits per heavy atom. The Morgan fingerprint density at radius 2 is 1.79 bits per heavy atom. The molecule has 0 saturated carbocycles. The molecule has 0 atom stereocenters. The lowest BCUT2D eigenvalue weighted by Crippen LogP contribution is -2.11. The number of halogens is 4. The quantitative estimate of drug-likeness (QED) is 0.439. The highest BCUT2D eigenvalue weighted by Crippen LogP contribution is 2.32. The van der Waals surface area contributed by atoms with Gasteiger partial charge in [-0.05, 0) is 48.5 Å². The van der Waals surface area contributed by atoms with Gasteiger partial charge in [-0.15, -0.1) is 0 Å². The Kier molecular flexibility index (Phi) is 4.52. The molecule has 0 aliphatic rings. The number of hydrogen-bond acceptors (Lipinski definition) is 3. The number of nitrogens with zero attached hydrogens (tertiary/aromatic N) is 1. The van der Waals surface area contributed by atoms with Crippen LogP contribution in [0.1, 0.15) is 10.4 Å². The van der Waals surface area contributed by atoms with Crippen LogP contribution in [0.2, 0.25) is 5.02 Å². The van der Waals surface area contributed by atoms with Crippen LogP contribution in [0, 0.1) is 17.5 Å². The topological polar surface area (TPSA) is 55.1 Å². The van der Waals surface area contributed by atoms with E-state index in [0.717, 1.165) is 18.2 Å². The van der Waals surface area contributed by atoms with Gasteiger partial charge in [-0.2, -0.15) is 0 Å². The van der Waals surface area contributed by atoms with Gasteiger partial charge in [0.2, 0.25) is 5.89 Å². The Balaban J connectivity index is 1.65. The molecular formula is C20H10ClF3N2O2. The fraction of sp³-hybridized carbons (Fsp3) is 0. The van der Waals surface area contributed by atoms with Gasteiger partial charge in [0.25, 0.3) is 5.91 Å². The van der Waals surface area contributed by atoms with Gasteiger partial charge in [0.1, 0.15) is 11.3 Å². The molecule has 0 radical (unpaired) electrons. The van der Waals surface area contributed by atoms with Gasteiger partial charge < -0.3 is 9.73 Å². The molecule has 0 spiro atoms. The second kappa shape index (κ2) is 7.01. The molecule has 1 aromatic heterocycles. The SMILES string of the molecule is O=C(Nc1ccc2oc(-c3cc(F)c(F)cc3Cl)nc2c1)c1cccc(F)c1. The molecule has 1 heterocycles. The van der Waals surface area contributed by atoms with E-state index in [0.29, 0.717) is 16.8 Å². The molecule has 28 heavy (non-hydrogen) atoms. The van der Waals surface area contributed by atoms with Crippen LogP contribution in [0.4, 0.5) is 18.9 Å². The van der Waals surface area contributed by atoms with Crippen LogP contribution >= 0.6 is 11.6 Å². The number of benzene rings is 3. The van der Waals surface area contributed by atoms with Crippen molar-refractivity contribution in [1.29, 1.82) is 0 Å². The molecule has 1 N–H and O–H groups in total. The van der Waals surface area contributed by atoms with Gasteiger partial charge in [-0.25, -0.2) is 18.2 Å². The number of fused-ring (bicyclic) bond motifs is 1. The van der Waals surface area contributed by atoms with Crippen molar-refractivity contribution in [1.82, 2.24) is 4.98 Å². The fourth-order valence-electron chi connectivity index (χ4n) is 2.64. The molecule has 0 unspecified atom stereocenters. The van der Waals surface area contributed by atoms with Crippen LogP contribution in [0.5, 0.6) is 0 Å². The van der Waals surface area contributed by atoms with Gasteiger partial charge in [-0.3, -0.25) is 4.79 Å². The number of aromatic nitrogens is 1. The van der Waals surface area contributed by atoms with E-state index >= 15 is 0 Å². The van der Waals surface area contributed by atoms with Crippen molar-refractivity contribution >= 4 is 34.3 Å². The number of anilines is 1. The van der Waals surface area contributed by atoms with Crippen molar-refractivity contribution in [2.75, 3.05) is 5.32 Å². The smallest absolute Gasteiger partial charge is 0.255 e. The highest BCUT2D eigenvalue weighted by atomic mass is 35.5. The lowest BCUT2D eigenvalue weighted by Gasteiger charge is -2.04. The number of hydrogen-bond donors (Lipinski definition) is 1. The molecule has 4 aromatic rings. The van der Waals surface area contributed by atoms with Crippen molar-refractivity contribution in [3.8, 4) is 11.5 Å².